The Morgan fingerprint density at radius 2 is 1.61 bits per heavy atom. The summed E-state index contributed by atoms with van der Waals surface area (Å²) >= 11 is 0. The molecule has 3 rings (SSSR count). The Kier molecular flexibility index (Phi) is 8.74. The number of nitriles is 1. The Labute approximate surface area is 211 Å². The SMILES string of the molecule is COC(=O)C1=C(C)N(CCCc2ccccc2)C(C(=O)OC)=C(C#N)C1c1ccc(OC)c(OC)c1. The zero-order valence-electron chi connectivity index (χ0n) is 21.2. The summed E-state index contributed by atoms with van der Waals surface area (Å²) in [5.41, 5.74) is 2.73. The Morgan fingerprint density at radius 3 is 2.19 bits per heavy atom. The largest absolute Gasteiger partial charge is 0.493 e. The molecule has 0 N–H and O–H groups in total. The van der Waals surface area contributed by atoms with Gasteiger partial charge in [-0.05, 0) is 43.0 Å². The lowest BCUT2D eigenvalue weighted by molar-refractivity contribution is -0.139. The zero-order valence-corrected chi connectivity index (χ0v) is 21.2. The maximum Gasteiger partial charge on any atom is 0.355 e. The van der Waals surface area contributed by atoms with Gasteiger partial charge in [0.25, 0.3) is 0 Å². The van der Waals surface area contributed by atoms with Crippen molar-refractivity contribution in [3.8, 4) is 17.6 Å². The smallest absolute Gasteiger partial charge is 0.355 e. The van der Waals surface area contributed by atoms with E-state index in [1.807, 2.05) is 30.3 Å². The minimum atomic E-state index is -0.860. The predicted molar refractivity (Wildman–Crippen MR) is 133 cm³/mol. The lowest BCUT2D eigenvalue weighted by atomic mass is 9.80. The number of hydrogen-bond donors (Lipinski definition) is 0. The Morgan fingerprint density at radius 1 is 0.944 bits per heavy atom. The van der Waals surface area contributed by atoms with Crippen molar-refractivity contribution in [3.05, 3.63) is 82.2 Å². The van der Waals surface area contributed by atoms with E-state index in [0.717, 1.165) is 12.0 Å². The number of rotatable bonds is 9. The van der Waals surface area contributed by atoms with Crippen LogP contribution in [0, 0.1) is 11.3 Å². The van der Waals surface area contributed by atoms with Crippen LogP contribution in [-0.4, -0.2) is 51.8 Å². The second-order valence-electron chi connectivity index (χ2n) is 8.14. The average molecular weight is 491 g/mol. The molecular weight excluding hydrogens is 460 g/mol. The summed E-state index contributed by atoms with van der Waals surface area (Å²) in [6, 6.07) is 17.3. The number of carbonyl (C=O) groups is 2. The van der Waals surface area contributed by atoms with Crippen molar-refractivity contribution in [3.63, 3.8) is 0 Å². The van der Waals surface area contributed by atoms with Gasteiger partial charge < -0.3 is 23.8 Å². The van der Waals surface area contributed by atoms with Crippen molar-refractivity contribution in [1.29, 1.82) is 5.26 Å². The second kappa shape index (κ2) is 11.9. The van der Waals surface area contributed by atoms with Crippen molar-refractivity contribution in [1.82, 2.24) is 4.90 Å². The number of benzene rings is 2. The van der Waals surface area contributed by atoms with E-state index >= 15 is 0 Å². The quantitative estimate of drug-likeness (QED) is 0.484. The van der Waals surface area contributed by atoms with Gasteiger partial charge in [-0.15, -0.1) is 0 Å². The number of nitrogens with zero attached hydrogens (tertiary/aromatic N) is 2. The molecule has 2 aromatic rings. The van der Waals surface area contributed by atoms with Crippen LogP contribution in [0.3, 0.4) is 0 Å². The summed E-state index contributed by atoms with van der Waals surface area (Å²) < 4.78 is 21.0. The van der Waals surface area contributed by atoms with Gasteiger partial charge >= 0.3 is 11.9 Å². The first kappa shape index (κ1) is 26.4. The fraction of sp³-hybridized carbons (Fsp3) is 0.321. The average Bonchev–Trinajstić information content (AvgIpc) is 2.92. The summed E-state index contributed by atoms with van der Waals surface area (Å²) in [7, 11) is 5.58. The fourth-order valence-electron chi connectivity index (χ4n) is 4.49. The topological polar surface area (TPSA) is 98.1 Å². The molecule has 0 bridgehead atoms. The minimum Gasteiger partial charge on any atom is -0.493 e. The van der Waals surface area contributed by atoms with Crippen LogP contribution in [0.1, 0.15) is 30.4 Å². The molecule has 1 heterocycles. The van der Waals surface area contributed by atoms with Crippen LogP contribution < -0.4 is 9.47 Å². The van der Waals surface area contributed by atoms with Gasteiger partial charge in [-0.1, -0.05) is 36.4 Å². The van der Waals surface area contributed by atoms with Gasteiger partial charge in [-0.2, -0.15) is 5.26 Å². The van der Waals surface area contributed by atoms with Crippen molar-refractivity contribution >= 4 is 11.9 Å². The number of aryl methyl sites for hydroxylation is 1. The van der Waals surface area contributed by atoms with Gasteiger partial charge in [0.15, 0.2) is 11.5 Å². The van der Waals surface area contributed by atoms with E-state index in [2.05, 4.69) is 6.07 Å². The first-order valence-corrected chi connectivity index (χ1v) is 11.5. The van der Waals surface area contributed by atoms with E-state index < -0.39 is 17.9 Å². The van der Waals surface area contributed by atoms with E-state index in [9.17, 15) is 14.9 Å². The monoisotopic (exact) mass is 490 g/mol. The van der Waals surface area contributed by atoms with Gasteiger partial charge in [-0.3, -0.25) is 0 Å². The van der Waals surface area contributed by atoms with Gasteiger partial charge in [0.2, 0.25) is 0 Å². The highest BCUT2D eigenvalue weighted by molar-refractivity contribution is 5.97. The van der Waals surface area contributed by atoms with Crippen LogP contribution in [-0.2, 0) is 25.5 Å². The Hall–Kier alpha value is -4.25. The van der Waals surface area contributed by atoms with E-state index in [4.69, 9.17) is 18.9 Å². The van der Waals surface area contributed by atoms with Crippen LogP contribution in [0.2, 0.25) is 0 Å². The Balaban J connectivity index is 2.15. The van der Waals surface area contributed by atoms with Gasteiger partial charge in [0.05, 0.1) is 51.6 Å². The summed E-state index contributed by atoms with van der Waals surface area (Å²) in [5, 5.41) is 10.3. The first-order valence-electron chi connectivity index (χ1n) is 11.5. The molecule has 0 amide bonds. The summed E-state index contributed by atoms with van der Waals surface area (Å²) in [6.45, 7) is 2.15. The molecule has 2 aromatic carbocycles. The number of esters is 2. The number of carbonyl (C=O) groups excluding carboxylic acids is 2. The third-order valence-electron chi connectivity index (χ3n) is 6.23. The molecule has 1 atom stereocenters. The molecule has 0 radical (unpaired) electrons. The van der Waals surface area contributed by atoms with Crippen molar-refractivity contribution in [2.75, 3.05) is 35.0 Å². The van der Waals surface area contributed by atoms with Crippen LogP contribution in [0.25, 0.3) is 0 Å². The van der Waals surface area contributed by atoms with Crippen LogP contribution in [0.15, 0.2) is 71.1 Å². The van der Waals surface area contributed by atoms with Crippen LogP contribution >= 0.6 is 0 Å². The summed E-state index contributed by atoms with van der Waals surface area (Å²) in [4.78, 5) is 27.8. The van der Waals surface area contributed by atoms with E-state index in [1.54, 1.807) is 30.0 Å². The molecule has 0 saturated carbocycles. The second-order valence-corrected chi connectivity index (χ2v) is 8.14. The highest BCUT2D eigenvalue weighted by atomic mass is 16.5. The standard InChI is InChI=1S/C28H30N2O6/c1-18-24(27(31)35-4)25(20-13-14-22(33-2)23(16-20)34-3)21(17-29)26(28(32)36-5)30(18)15-9-12-19-10-7-6-8-11-19/h6-8,10-11,13-14,16,25H,9,12,15H2,1-5H3. The molecule has 36 heavy (non-hydrogen) atoms. The van der Waals surface area contributed by atoms with Crippen molar-refractivity contribution in [2.24, 2.45) is 0 Å². The molecule has 0 saturated heterocycles. The van der Waals surface area contributed by atoms with Gasteiger partial charge in [0, 0.05) is 12.2 Å². The third kappa shape index (κ3) is 5.20. The third-order valence-corrected chi connectivity index (χ3v) is 6.23. The lowest BCUT2D eigenvalue weighted by Crippen LogP contribution is -2.37. The summed E-state index contributed by atoms with van der Waals surface area (Å²) in [6.07, 6.45) is 1.43. The molecule has 188 valence electrons. The molecule has 0 fully saturated rings. The van der Waals surface area contributed by atoms with Crippen LogP contribution in [0.4, 0.5) is 0 Å². The number of ether oxygens (including phenoxy) is 4. The highest BCUT2D eigenvalue weighted by Gasteiger charge is 2.41. The molecule has 0 spiro atoms. The molecule has 1 aliphatic heterocycles. The molecule has 1 aliphatic rings. The molecule has 0 aliphatic carbocycles. The first-order chi connectivity index (χ1) is 17.4. The molecule has 1 unspecified atom stereocenters. The number of allylic oxidation sites excluding steroid dienone is 2. The molecule has 8 heteroatoms. The minimum absolute atomic E-state index is 0.0970. The van der Waals surface area contributed by atoms with Crippen molar-refractivity contribution in [2.45, 2.75) is 25.7 Å². The number of methoxy groups -OCH3 is 4. The molecule has 0 aromatic heterocycles. The van der Waals surface area contributed by atoms with Gasteiger partial charge in [0.1, 0.15) is 5.70 Å². The predicted octanol–water partition coefficient (Wildman–Crippen LogP) is 4.13. The summed E-state index contributed by atoms with van der Waals surface area (Å²) in [5.74, 6) is -1.17. The normalized spacial score (nSPS) is 15.3. The van der Waals surface area contributed by atoms with Crippen LogP contribution in [0.5, 0.6) is 11.5 Å². The maximum absolute atomic E-state index is 13.1. The van der Waals surface area contributed by atoms with E-state index in [1.165, 1.54) is 28.4 Å². The fourth-order valence-corrected chi connectivity index (χ4v) is 4.49. The number of hydrogen-bond acceptors (Lipinski definition) is 8. The van der Waals surface area contributed by atoms with E-state index in [-0.39, 0.29) is 16.8 Å². The zero-order chi connectivity index (χ0) is 26.2. The van der Waals surface area contributed by atoms with Crippen molar-refractivity contribution < 1.29 is 28.5 Å². The molecular formula is C28H30N2O6. The van der Waals surface area contributed by atoms with Gasteiger partial charge in [-0.25, -0.2) is 9.59 Å². The molecule has 8 nitrogen and oxygen atoms in total. The van der Waals surface area contributed by atoms with E-state index in [0.29, 0.717) is 35.7 Å². The maximum atomic E-state index is 13.1. The lowest BCUT2D eigenvalue weighted by Gasteiger charge is -2.36. The highest BCUT2D eigenvalue weighted by Crippen LogP contribution is 2.44. The Bertz CT molecular complexity index is 1230.